The van der Waals surface area contributed by atoms with Crippen molar-refractivity contribution in [2.45, 2.75) is 24.3 Å². The van der Waals surface area contributed by atoms with E-state index in [4.69, 9.17) is 5.11 Å². The summed E-state index contributed by atoms with van der Waals surface area (Å²) in [6, 6.07) is 4.18. The van der Waals surface area contributed by atoms with Gasteiger partial charge in [0.05, 0.1) is 11.5 Å². The van der Waals surface area contributed by atoms with Gasteiger partial charge in [-0.1, -0.05) is 13.0 Å². The third-order valence-electron chi connectivity index (χ3n) is 2.14. The monoisotopic (exact) mass is 247 g/mol. The fourth-order valence-electron chi connectivity index (χ4n) is 1.17. The lowest BCUT2D eigenvalue weighted by atomic mass is 10.3. The minimum atomic E-state index is -3.76. The predicted molar refractivity (Wildman–Crippen MR) is 57.9 cm³/mol. The third kappa shape index (κ3) is 3.26. The van der Waals surface area contributed by atoms with E-state index in [1.807, 2.05) is 0 Å². The van der Waals surface area contributed by atoms with Crippen LogP contribution in [0, 0.1) is 5.82 Å². The fourth-order valence-corrected chi connectivity index (χ4v) is 2.51. The van der Waals surface area contributed by atoms with Crippen LogP contribution in [0.2, 0.25) is 0 Å². The second-order valence-electron chi connectivity index (χ2n) is 3.37. The Labute approximate surface area is 94.2 Å². The Balaban J connectivity index is 2.94. The molecule has 0 saturated heterocycles. The quantitative estimate of drug-likeness (QED) is 0.811. The molecule has 1 atom stereocenters. The van der Waals surface area contributed by atoms with Gasteiger partial charge >= 0.3 is 0 Å². The van der Waals surface area contributed by atoms with E-state index in [9.17, 15) is 12.8 Å². The summed E-state index contributed by atoms with van der Waals surface area (Å²) in [4.78, 5) is -0.139. The Kier molecular flexibility index (Phi) is 4.40. The highest BCUT2D eigenvalue weighted by atomic mass is 32.2. The Bertz CT molecular complexity index is 443. The van der Waals surface area contributed by atoms with Crippen LogP contribution in [0.5, 0.6) is 0 Å². The highest BCUT2D eigenvalue weighted by molar-refractivity contribution is 7.89. The molecule has 0 radical (unpaired) electrons. The van der Waals surface area contributed by atoms with Gasteiger partial charge in [-0.05, 0) is 24.6 Å². The number of aliphatic hydroxyl groups excluding tert-OH is 1. The van der Waals surface area contributed by atoms with E-state index in [2.05, 4.69) is 4.72 Å². The average molecular weight is 247 g/mol. The average Bonchev–Trinajstić information content (AvgIpc) is 2.26. The maximum absolute atomic E-state index is 12.9. The first-order chi connectivity index (χ1) is 7.49. The second-order valence-corrected chi connectivity index (χ2v) is 5.08. The molecule has 4 nitrogen and oxygen atoms in total. The van der Waals surface area contributed by atoms with E-state index in [-0.39, 0.29) is 11.5 Å². The predicted octanol–water partition coefficient (Wildman–Crippen LogP) is 0.875. The number of aliphatic hydroxyl groups is 1. The number of hydrogen-bond donors (Lipinski definition) is 2. The Hall–Kier alpha value is -0.980. The number of rotatable bonds is 5. The lowest BCUT2D eigenvalue weighted by Gasteiger charge is -2.14. The van der Waals surface area contributed by atoms with Gasteiger partial charge in [0.25, 0.3) is 0 Å². The van der Waals surface area contributed by atoms with E-state index in [0.717, 1.165) is 6.07 Å². The molecule has 16 heavy (non-hydrogen) atoms. The van der Waals surface area contributed by atoms with Crippen molar-refractivity contribution in [1.82, 2.24) is 4.72 Å². The summed E-state index contributed by atoms with van der Waals surface area (Å²) in [6.07, 6.45) is 0.463. The minimum absolute atomic E-state index is 0.139. The number of nitrogens with one attached hydrogen (secondary N) is 1. The Morgan fingerprint density at radius 3 is 2.69 bits per heavy atom. The Morgan fingerprint density at radius 2 is 2.19 bits per heavy atom. The first kappa shape index (κ1) is 13.1. The Morgan fingerprint density at radius 1 is 1.50 bits per heavy atom. The molecule has 90 valence electrons. The number of sulfonamides is 1. The molecule has 0 aliphatic heterocycles. The summed E-state index contributed by atoms with van der Waals surface area (Å²) in [6.45, 7) is 1.46. The maximum Gasteiger partial charge on any atom is 0.240 e. The largest absolute Gasteiger partial charge is 0.395 e. The third-order valence-corrected chi connectivity index (χ3v) is 3.66. The van der Waals surface area contributed by atoms with Crippen LogP contribution < -0.4 is 4.72 Å². The molecule has 0 fully saturated rings. The van der Waals surface area contributed by atoms with Crippen LogP contribution >= 0.6 is 0 Å². The molecule has 6 heteroatoms. The van der Waals surface area contributed by atoms with Gasteiger partial charge in [0.2, 0.25) is 10.0 Å². The first-order valence-corrected chi connectivity index (χ1v) is 6.36. The highest BCUT2D eigenvalue weighted by Crippen LogP contribution is 2.11. The van der Waals surface area contributed by atoms with Crippen LogP contribution in [-0.2, 0) is 10.0 Å². The summed E-state index contributed by atoms with van der Waals surface area (Å²) >= 11 is 0. The topological polar surface area (TPSA) is 66.4 Å². The van der Waals surface area contributed by atoms with Crippen molar-refractivity contribution in [2.75, 3.05) is 6.61 Å². The molecule has 2 N–H and O–H groups in total. The lowest BCUT2D eigenvalue weighted by Crippen LogP contribution is -2.36. The number of benzene rings is 1. The van der Waals surface area contributed by atoms with E-state index in [1.54, 1.807) is 6.92 Å². The van der Waals surface area contributed by atoms with E-state index in [0.29, 0.717) is 6.42 Å². The van der Waals surface area contributed by atoms with Gasteiger partial charge in [-0.25, -0.2) is 17.5 Å². The van der Waals surface area contributed by atoms with Crippen LogP contribution in [0.1, 0.15) is 13.3 Å². The summed E-state index contributed by atoms with van der Waals surface area (Å²) in [5.41, 5.74) is 0. The van der Waals surface area contributed by atoms with Crippen LogP contribution in [0.25, 0.3) is 0 Å². The zero-order chi connectivity index (χ0) is 12.2. The van der Waals surface area contributed by atoms with Crippen LogP contribution in [0.4, 0.5) is 4.39 Å². The van der Waals surface area contributed by atoms with Gasteiger partial charge in [-0.2, -0.15) is 0 Å². The van der Waals surface area contributed by atoms with Gasteiger partial charge in [-0.3, -0.25) is 0 Å². The summed E-state index contributed by atoms with van der Waals surface area (Å²) in [5, 5.41) is 8.89. The van der Waals surface area contributed by atoms with Crippen LogP contribution in [0.3, 0.4) is 0 Å². The zero-order valence-electron chi connectivity index (χ0n) is 8.85. The smallest absolute Gasteiger partial charge is 0.240 e. The molecule has 1 aromatic rings. The molecule has 0 amide bonds. The highest BCUT2D eigenvalue weighted by Gasteiger charge is 2.18. The van der Waals surface area contributed by atoms with Gasteiger partial charge in [0.1, 0.15) is 5.82 Å². The van der Waals surface area contributed by atoms with Gasteiger partial charge in [0.15, 0.2) is 0 Å². The SMILES string of the molecule is CC[C@H](CO)NS(=O)(=O)c1cccc(F)c1. The van der Waals surface area contributed by atoms with Gasteiger partial charge in [-0.15, -0.1) is 0 Å². The normalized spacial score (nSPS) is 13.7. The standard InChI is InChI=1S/C10H14FNO3S/c1-2-9(7-13)12-16(14,15)10-5-3-4-8(11)6-10/h3-6,9,12-13H,2,7H2,1H3/t9-/m1/s1. The molecule has 0 bridgehead atoms. The van der Waals surface area contributed by atoms with Crippen molar-refractivity contribution >= 4 is 10.0 Å². The lowest BCUT2D eigenvalue weighted by molar-refractivity contribution is 0.254. The minimum Gasteiger partial charge on any atom is -0.395 e. The zero-order valence-corrected chi connectivity index (χ0v) is 9.67. The van der Waals surface area contributed by atoms with Gasteiger partial charge in [0, 0.05) is 6.04 Å². The van der Waals surface area contributed by atoms with Crippen molar-refractivity contribution in [3.63, 3.8) is 0 Å². The summed E-state index contributed by atoms with van der Waals surface area (Å²) in [5.74, 6) is -0.611. The molecule has 0 aliphatic carbocycles. The molecular weight excluding hydrogens is 233 g/mol. The molecular formula is C10H14FNO3S. The van der Waals surface area contributed by atoms with Crippen molar-refractivity contribution < 1.29 is 17.9 Å². The van der Waals surface area contributed by atoms with Crippen LogP contribution in [-0.4, -0.2) is 26.2 Å². The molecule has 1 aromatic carbocycles. The molecule has 0 heterocycles. The van der Waals surface area contributed by atoms with E-state index in [1.165, 1.54) is 18.2 Å². The molecule has 0 aliphatic rings. The van der Waals surface area contributed by atoms with Gasteiger partial charge < -0.3 is 5.11 Å². The summed E-state index contributed by atoms with van der Waals surface area (Å²) < 4.78 is 38.6. The molecule has 0 saturated carbocycles. The molecule has 1 rings (SSSR count). The first-order valence-electron chi connectivity index (χ1n) is 4.88. The van der Waals surface area contributed by atoms with Crippen LogP contribution in [0.15, 0.2) is 29.2 Å². The van der Waals surface area contributed by atoms with E-state index >= 15 is 0 Å². The van der Waals surface area contributed by atoms with Crippen molar-refractivity contribution in [2.24, 2.45) is 0 Å². The van der Waals surface area contributed by atoms with Crippen molar-refractivity contribution in [3.8, 4) is 0 Å². The number of hydrogen-bond acceptors (Lipinski definition) is 3. The fraction of sp³-hybridized carbons (Fsp3) is 0.400. The summed E-state index contributed by atoms with van der Waals surface area (Å²) in [7, 11) is -3.76. The molecule has 0 spiro atoms. The molecule has 0 unspecified atom stereocenters. The maximum atomic E-state index is 12.9. The second kappa shape index (κ2) is 5.38. The number of halogens is 1. The van der Waals surface area contributed by atoms with Crippen molar-refractivity contribution in [3.05, 3.63) is 30.1 Å². The van der Waals surface area contributed by atoms with Crippen molar-refractivity contribution in [1.29, 1.82) is 0 Å². The van der Waals surface area contributed by atoms with E-state index < -0.39 is 21.9 Å². The molecule has 0 aromatic heterocycles.